The van der Waals surface area contributed by atoms with Gasteiger partial charge in [-0.1, -0.05) is 158 Å². The van der Waals surface area contributed by atoms with Crippen LogP contribution in [0.2, 0.25) is 0 Å². The zero-order chi connectivity index (χ0) is 36.3. The molecule has 0 saturated heterocycles. The number of hydrogen-bond acceptors (Lipinski definition) is 3. The van der Waals surface area contributed by atoms with Gasteiger partial charge in [-0.15, -0.1) is 22.7 Å². The van der Waals surface area contributed by atoms with E-state index in [1.54, 1.807) is 0 Å². The van der Waals surface area contributed by atoms with Gasteiger partial charge in [0.05, 0.1) is 10.4 Å². The third-order valence-corrected chi connectivity index (χ3v) is 13.3. The predicted octanol–water partition coefficient (Wildman–Crippen LogP) is 16.0. The van der Waals surface area contributed by atoms with Crippen molar-refractivity contribution in [2.24, 2.45) is 0 Å². The molecular weight excluding hydrogens is 703 g/mol. The molecule has 0 saturated carbocycles. The second-order valence-corrected chi connectivity index (χ2v) is 16.1. The van der Waals surface area contributed by atoms with Crippen molar-refractivity contribution < 1.29 is 0 Å². The summed E-state index contributed by atoms with van der Waals surface area (Å²) < 4.78 is 5.21. The van der Waals surface area contributed by atoms with Crippen molar-refractivity contribution in [2.45, 2.75) is 0 Å². The highest BCUT2D eigenvalue weighted by molar-refractivity contribution is 7.26. The molecule has 2 aromatic heterocycles. The highest BCUT2D eigenvalue weighted by Gasteiger charge is 2.22. The minimum atomic E-state index is 1.12. The molecule has 0 fully saturated rings. The molecule has 0 aliphatic heterocycles. The van der Waals surface area contributed by atoms with E-state index in [1.165, 1.54) is 90.2 Å². The maximum Gasteiger partial charge on any atom is 0.0640 e. The quantitative estimate of drug-likeness (QED) is 0.164. The Kier molecular flexibility index (Phi) is 7.61. The maximum absolute atomic E-state index is 2.46. The zero-order valence-electron chi connectivity index (χ0n) is 29.8. The predicted molar refractivity (Wildman–Crippen MR) is 241 cm³/mol. The fourth-order valence-electron chi connectivity index (χ4n) is 8.32. The summed E-state index contributed by atoms with van der Waals surface area (Å²) in [5.41, 5.74) is 10.8. The molecule has 0 amide bonds. The topological polar surface area (TPSA) is 3.24 Å². The van der Waals surface area contributed by atoms with Gasteiger partial charge in [-0.2, -0.15) is 0 Å². The minimum Gasteiger partial charge on any atom is -0.309 e. The molecule has 0 atom stereocenters. The Bertz CT molecular complexity index is 3200. The fraction of sp³-hybridized carbons (Fsp3) is 0. The van der Waals surface area contributed by atoms with Crippen LogP contribution in [0.15, 0.2) is 200 Å². The normalized spacial score (nSPS) is 11.6. The van der Waals surface area contributed by atoms with Crippen LogP contribution in [0.3, 0.4) is 0 Å². The molecule has 11 aromatic rings. The number of anilines is 3. The first-order valence-corrected chi connectivity index (χ1v) is 20.3. The van der Waals surface area contributed by atoms with Crippen LogP contribution < -0.4 is 4.90 Å². The monoisotopic (exact) mass is 735 g/mol. The van der Waals surface area contributed by atoms with E-state index in [-0.39, 0.29) is 0 Å². The van der Waals surface area contributed by atoms with Crippen molar-refractivity contribution in [3.8, 4) is 33.4 Å². The molecule has 9 aromatic carbocycles. The van der Waals surface area contributed by atoms with E-state index in [2.05, 4.69) is 205 Å². The lowest BCUT2D eigenvalue weighted by Crippen LogP contribution is -2.10. The number of hydrogen-bond donors (Lipinski definition) is 0. The first kappa shape index (κ1) is 32.0. The lowest BCUT2D eigenvalue weighted by atomic mass is 9.90. The summed E-state index contributed by atoms with van der Waals surface area (Å²) in [7, 11) is 0. The summed E-state index contributed by atoms with van der Waals surface area (Å²) in [5, 5.41) is 7.69. The van der Waals surface area contributed by atoms with Gasteiger partial charge in [-0.05, 0) is 81.1 Å². The molecule has 1 nitrogen and oxygen atoms in total. The maximum atomic E-state index is 2.46. The molecule has 0 radical (unpaired) electrons. The zero-order valence-corrected chi connectivity index (χ0v) is 31.4. The Morgan fingerprint density at radius 2 is 0.855 bits per heavy atom. The van der Waals surface area contributed by atoms with Crippen molar-refractivity contribution in [1.82, 2.24) is 0 Å². The van der Waals surface area contributed by atoms with Gasteiger partial charge in [0, 0.05) is 52.6 Å². The van der Waals surface area contributed by atoms with Crippen molar-refractivity contribution >= 4 is 90.9 Å². The summed E-state index contributed by atoms with van der Waals surface area (Å²) in [5.74, 6) is 0. The second-order valence-electron chi connectivity index (χ2n) is 14.0. The lowest BCUT2D eigenvalue weighted by molar-refractivity contribution is 1.30. The van der Waals surface area contributed by atoms with Gasteiger partial charge in [-0.3, -0.25) is 0 Å². The SMILES string of the molecule is c1ccc(-c2ccc(N(c3ccc(-c4cccc5c4sc4ccccc45)c(-c4cccc5ccccc45)c3)c3cccc4c3sc3ccccc34)cc2)cc1. The molecule has 11 rings (SSSR count). The van der Waals surface area contributed by atoms with Gasteiger partial charge in [0.25, 0.3) is 0 Å². The van der Waals surface area contributed by atoms with Crippen LogP contribution in [0.25, 0.3) is 84.5 Å². The number of rotatable bonds is 6. The number of nitrogens with zero attached hydrogens (tertiary/aromatic N) is 1. The van der Waals surface area contributed by atoms with E-state index in [1.807, 2.05) is 22.7 Å². The summed E-state index contributed by atoms with van der Waals surface area (Å²) in [6.07, 6.45) is 0. The van der Waals surface area contributed by atoms with Gasteiger partial charge in [0.2, 0.25) is 0 Å². The second kappa shape index (κ2) is 13.1. The van der Waals surface area contributed by atoms with Crippen LogP contribution in [0.5, 0.6) is 0 Å². The summed E-state index contributed by atoms with van der Waals surface area (Å²) in [4.78, 5) is 2.46. The highest BCUT2D eigenvalue weighted by Crippen LogP contribution is 2.49. The third-order valence-electron chi connectivity index (χ3n) is 10.9. The van der Waals surface area contributed by atoms with E-state index >= 15 is 0 Å². The average Bonchev–Trinajstić information content (AvgIpc) is 3.84. The number of benzene rings is 9. The summed E-state index contributed by atoms with van der Waals surface area (Å²) in [6, 6.07) is 73.4. The summed E-state index contributed by atoms with van der Waals surface area (Å²) >= 11 is 3.76. The van der Waals surface area contributed by atoms with Crippen LogP contribution in [0.4, 0.5) is 17.1 Å². The van der Waals surface area contributed by atoms with Crippen LogP contribution in [-0.4, -0.2) is 0 Å². The molecule has 0 aliphatic carbocycles. The van der Waals surface area contributed by atoms with Crippen LogP contribution >= 0.6 is 22.7 Å². The van der Waals surface area contributed by atoms with E-state index < -0.39 is 0 Å². The third kappa shape index (κ3) is 5.35. The van der Waals surface area contributed by atoms with Gasteiger partial charge in [-0.25, -0.2) is 0 Å². The smallest absolute Gasteiger partial charge is 0.0640 e. The van der Waals surface area contributed by atoms with Crippen molar-refractivity contribution in [2.75, 3.05) is 4.90 Å². The fourth-order valence-corrected chi connectivity index (χ4v) is 10.8. The molecular formula is C52H33NS2. The molecule has 55 heavy (non-hydrogen) atoms. The van der Waals surface area contributed by atoms with Crippen molar-refractivity contribution in [3.63, 3.8) is 0 Å². The summed E-state index contributed by atoms with van der Waals surface area (Å²) in [6.45, 7) is 0. The Morgan fingerprint density at radius 3 is 1.64 bits per heavy atom. The van der Waals surface area contributed by atoms with E-state index in [0.29, 0.717) is 0 Å². The average molecular weight is 736 g/mol. The van der Waals surface area contributed by atoms with Gasteiger partial charge in [0.1, 0.15) is 0 Å². The van der Waals surface area contributed by atoms with E-state index in [9.17, 15) is 0 Å². The Morgan fingerprint density at radius 1 is 0.309 bits per heavy atom. The van der Waals surface area contributed by atoms with Crippen LogP contribution in [-0.2, 0) is 0 Å². The molecule has 0 N–H and O–H groups in total. The van der Waals surface area contributed by atoms with Crippen molar-refractivity contribution in [3.05, 3.63) is 200 Å². The lowest BCUT2D eigenvalue weighted by Gasteiger charge is -2.28. The van der Waals surface area contributed by atoms with Crippen molar-refractivity contribution in [1.29, 1.82) is 0 Å². The molecule has 0 spiro atoms. The van der Waals surface area contributed by atoms with Gasteiger partial charge < -0.3 is 4.90 Å². The molecule has 0 bridgehead atoms. The first-order chi connectivity index (χ1) is 27.3. The van der Waals surface area contributed by atoms with Gasteiger partial charge in [0.15, 0.2) is 0 Å². The molecule has 0 aliphatic rings. The standard InChI is InChI=1S/C52H33NS2/c1-2-13-34(14-3-1)35-27-29-37(30-28-35)53(48-24-12-23-46-43-19-7-9-26-50(43)55-52(46)48)38-31-32-41(47(33-38)40-20-10-16-36-15-4-5-17-39(36)40)44-21-11-22-45-42-18-6-8-25-49(42)54-51(44)45/h1-33H. The molecule has 3 heteroatoms. The molecule has 2 heterocycles. The van der Waals surface area contributed by atoms with E-state index in [4.69, 9.17) is 0 Å². The number of thiophene rings is 2. The highest BCUT2D eigenvalue weighted by atomic mass is 32.1. The molecule has 258 valence electrons. The molecule has 0 unspecified atom stereocenters. The van der Waals surface area contributed by atoms with E-state index in [0.717, 1.165) is 11.4 Å². The van der Waals surface area contributed by atoms with Gasteiger partial charge >= 0.3 is 0 Å². The number of fused-ring (bicyclic) bond motifs is 7. The Balaban J connectivity index is 1.19. The minimum absolute atomic E-state index is 1.12. The van der Waals surface area contributed by atoms with Crippen LogP contribution in [0, 0.1) is 0 Å². The Hall–Kier alpha value is -6.52. The first-order valence-electron chi connectivity index (χ1n) is 18.7. The largest absolute Gasteiger partial charge is 0.309 e. The van der Waals surface area contributed by atoms with Crippen LogP contribution in [0.1, 0.15) is 0 Å². The Labute approximate surface area is 327 Å².